The Labute approximate surface area is 107 Å². The van der Waals surface area contributed by atoms with Gasteiger partial charge in [-0.3, -0.25) is 0 Å². The zero-order valence-corrected chi connectivity index (χ0v) is 10.3. The molecule has 5 nitrogen and oxygen atoms in total. The minimum absolute atomic E-state index is 0.361. The summed E-state index contributed by atoms with van der Waals surface area (Å²) in [4.78, 5) is 4.71. The summed E-state index contributed by atoms with van der Waals surface area (Å²) in [7, 11) is 1.96. The molecule has 0 aliphatic carbocycles. The van der Waals surface area contributed by atoms with Gasteiger partial charge in [-0.1, -0.05) is 29.4 Å². The molecule has 1 aromatic carbocycles. The van der Waals surface area contributed by atoms with Crippen LogP contribution >= 0.6 is 0 Å². The first-order valence-corrected chi connectivity index (χ1v) is 5.63. The van der Waals surface area contributed by atoms with E-state index in [0.29, 0.717) is 13.0 Å². The van der Waals surface area contributed by atoms with E-state index in [4.69, 9.17) is 10.8 Å². The van der Waals surface area contributed by atoms with E-state index in [9.17, 15) is 0 Å². The lowest BCUT2D eigenvalue weighted by Gasteiger charge is -2.17. The molecular formula is C13H15N5. The molecule has 0 unspecified atom stereocenters. The minimum atomic E-state index is 0.361. The van der Waals surface area contributed by atoms with Crippen LogP contribution < -0.4 is 4.90 Å². The van der Waals surface area contributed by atoms with Gasteiger partial charge in [0, 0.05) is 30.7 Å². The summed E-state index contributed by atoms with van der Waals surface area (Å²) in [6.45, 7) is 1.09. The lowest BCUT2D eigenvalue weighted by Crippen LogP contribution is -2.17. The molecule has 5 heteroatoms. The number of azide groups is 1. The maximum atomic E-state index is 8.53. The Morgan fingerprint density at radius 2 is 2.17 bits per heavy atom. The monoisotopic (exact) mass is 241 g/mol. The molecule has 92 valence electrons. The highest BCUT2D eigenvalue weighted by Gasteiger charge is 1.99. The van der Waals surface area contributed by atoms with E-state index < -0.39 is 0 Å². The van der Waals surface area contributed by atoms with E-state index in [1.807, 2.05) is 48.4 Å². The molecule has 0 heterocycles. The first kappa shape index (κ1) is 13.6. The van der Waals surface area contributed by atoms with Crippen LogP contribution in [0.25, 0.3) is 16.5 Å². The Hall–Kier alpha value is -2.44. The maximum absolute atomic E-state index is 8.53. The molecule has 0 fully saturated rings. The van der Waals surface area contributed by atoms with Crippen molar-refractivity contribution in [3.8, 4) is 6.07 Å². The molecule has 0 bridgehead atoms. The number of nitrogens with zero attached hydrogens (tertiary/aromatic N) is 5. The SMILES string of the molecule is CN(CCC#N)c1ccc(C=CCN=[N+]=[N-])cc1. The third kappa shape index (κ3) is 4.60. The Morgan fingerprint density at radius 3 is 2.78 bits per heavy atom. The molecule has 1 rings (SSSR count). The highest BCUT2D eigenvalue weighted by Crippen LogP contribution is 2.14. The number of benzene rings is 1. The fraction of sp³-hybridized carbons (Fsp3) is 0.308. The van der Waals surface area contributed by atoms with Gasteiger partial charge in [0.25, 0.3) is 0 Å². The fourth-order valence-corrected chi connectivity index (χ4v) is 1.46. The zero-order valence-electron chi connectivity index (χ0n) is 10.3. The topological polar surface area (TPSA) is 75.8 Å². The quantitative estimate of drug-likeness (QED) is 0.435. The van der Waals surface area contributed by atoms with Crippen molar-refractivity contribution in [2.24, 2.45) is 5.11 Å². The van der Waals surface area contributed by atoms with Crippen molar-refractivity contribution < 1.29 is 0 Å². The van der Waals surface area contributed by atoms with E-state index in [1.165, 1.54) is 0 Å². The van der Waals surface area contributed by atoms with Gasteiger partial charge in [-0.2, -0.15) is 5.26 Å². The van der Waals surface area contributed by atoms with Crippen LogP contribution in [0, 0.1) is 11.3 Å². The third-order valence-electron chi connectivity index (χ3n) is 2.45. The molecule has 0 saturated heterocycles. The third-order valence-corrected chi connectivity index (χ3v) is 2.45. The van der Waals surface area contributed by atoms with Crippen molar-refractivity contribution in [3.63, 3.8) is 0 Å². The van der Waals surface area contributed by atoms with Gasteiger partial charge in [-0.25, -0.2) is 0 Å². The van der Waals surface area contributed by atoms with Crippen LogP contribution in [0.4, 0.5) is 5.69 Å². The van der Waals surface area contributed by atoms with Gasteiger partial charge >= 0.3 is 0 Å². The second kappa shape index (κ2) is 7.77. The van der Waals surface area contributed by atoms with Crippen LogP contribution in [-0.2, 0) is 0 Å². The standard InChI is InChI=1S/C13H15N5/c1-18(11-3-9-14)13-7-5-12(6-8-13)4-2-10-16-17-15/h2,4-8H,3,10-11H2,1H3. The molecule has 0 spiro atoms. The van der Waals surface area contributed by atoms with E-state index in [1.54, 1.807) is 0 Å². The summed E-state index contributed by atoms with van der Waals surface area (Å²) in [5.74, 6) is 0. The van der Waals surface area contributed by atoms with Crippen molar-refractivity contribution in [1.82, 2.24) is 0 Å². The molecular weight excluding hydrogens is 226 g/mol. The number of hydrogen-bond donors (Lipinski definition) is 0. The fourth-order valence-electron chi connectivity index (χ4n) is 1.46. The predicted octanol–water partition coefficient (Wildman–Crippen LogP) is 3.36. The van der Waals surface area contributed by atoms with Crippen LogP contribution in [0.3, 0.4) is 0 Å². The largest absolute Gasteiger partial charge is 0.374 e. The Bertz CT molecular complexity index is 477. The lowest BCUT2D eigenvalue weighted by atomic mass is 10.2. The molecule has 0 atom stereocenters. The van der Waals surface area contributed by atoms with E-state index >= 15 is 0 Å². The van der Waals surface area contributed by atoms with Crippen LogP contribution in [0.15, 0.2) is 35.5 Å². The average molecular weight is 241 g/mol. The van der Waals surface area contributed by atoms with Gasteiger partial charge in [0.1, 0.15) is 0 Å². The molecule has 0 aliphatic rings. The highest BCUT2D eigenvalue weighted by atomic mass is 15.1. The number of anilines is 1. The van der Waals surface area contributed by atoms with Crippen molar-refractivity contribution in [2.45, 2.75) is 6.42 Å². The predicted molar refractivity (Wildman–Crippen MR) is 73.0 cm³/mol. The lowest BCUT2D eigenvalue weighted by molar-refractivity contribution is 0.905. The molecule has 0 saturated carbocycles. The smallest absolute Gasteiger partial charge is 0.0640 e. The summed E-state index contributed by atoms with van der Waals surface area (Å²) in [5.41, 5.74) is 10.3. The first-order valence-electron chi connectivity index (χ1n) is 5.63. The molecule has 0 radical (unpaired) electrons. The Balaban J connectivity index is 2.59. The van der Waals surface area contributed by atoms with Crippen molar-refractivity contribution in [1.29, 1.82) is 5.26 Å². The first-order chi connectivity index (χ1) is 8.77. The van der Waals surface area contributed by atoms with Crippen molar-refractivity contribution in [2.75, 3.05) is 25.0 Å². The van der Waals surface area contributed by atoms with Gasteiger partial charge in [0.15, 0.2) is 0 Å². The zero-order chi connectivity index (χ0) is 13.2. The summed E-state index contributed by atoms with van der Waals surface area (Å²) in [5, 5.41) is 11.9. The van der Waals surface area contributed by atoms with Gasteiger partial charge in [-0.15, -0.1) is 0 Å². The highest BCUT2D eigenvalue weighted by molar-refractivity contribution is 5.55. The number of rotatable bonds is 6. The van der Waals surface area contributed by atoms with Gasteiger partial charge < -0.3 is 4.90 Å². The Morgan fingerprint density at radius 1 is 1.44 bits per heavy atom. The molecule has 0 aromatic heterocycles. The van der Waals surface area contributed by atoms with E-state index in [2.05, 4.69) is 16.1 Å². The van der Waals surface area contributed by atoms with Crippen LogP contribution in [0.2, 0.25) is 0 Å². The second-order valence-corrected chi connectivity index (χ2v) is 3.74. The summed E-state index contributed by atoms with van der Waals surface area (Å²) < 4.78 is 0. The normalized spacial score (nSPS) is 9.78. The molecule has 0 aliphatic heterocycles. The number of nitriles is 1. The summed E-state index contributed by atoms with van der Waals surface area (Å²) in [6, 6.07) is 10.1. The van der Waals surface area contributed by atoms with Crippen LogP contribution in [0.1, 0.15) is 12.0 Å². The van der Waals surface area contributed by atoms with Crippen molar-refractivity contribution in [3.05, 3.63) is 46.3 Å². The van der Waals surface area contributed by atoms with E-state index in [0.717, 1.165) is 17.8 Å². The van der Waals surface area contributed by atoms with Gasteiger partial charge in [0.05, 0.1) is 12.5 Å². The number of hydrogen-bond acceptors (Lipinski definition) is 3. The molecule has 18 heavy (non-hydrogen) atoms. The van der Waals surface area contributed by atoms with Crippen LogP contribution in [-0.4, -0.2) is 20.1 Å². The second-order valence-electron chi connectivity index (χ2n) is 3.74. The summed E-state index contributed by atoms with van der Waals surface area (Å²) in [6.07, 6.45) is 4.24. The minimum Gasteiger partial charge on any atom is -0.374 e. The van der Waals surface area contributed by atoms with Crippen molar-refractivity contribution >= 4 is 11.8 Å². The van der Waals surface area contributed by atoms with Gasteiger partial charge in [-0.05, 0) is 23.2 Å². The average Bonchev–Trinajstić information content (AvgIpc) is 2.41. The van der Waals surface area contributed by atoms with E-state index in [-0.39, 0.29) is 0 Å². The summed E-state index contributed by atoms with van der Waals surface area (Å²) >= 11 is 0. The Kier molecular flexibility index (Phi) is 5.88. The van der Waals surface area contributed by atoms with Crippen LogP contribution in [0.5, 0.6) is 0 Å². The molecule has 0 amide bonds. The van der Waals surface area contributed by atoms with Gasteiger partial charge in [0.2, 0.25) is 0 Å². The molecule has 1 aromatic rings. The maximum Gasteiger partial charge on any atom is 0.0640 e. The molecule has 0 N–H and O–H groups in total.